The summed E-state index contributed by atoms with van der Waals surface area (Å²) < 4.78 is 3.40. The summed E-state index contributed by atoms with van der Waals surface area (Å²) >= 11 is 0. The normalized spacial score (nSPS) is 11.0. The van der Waals surface area contributed by atoms with Gasteiger partial charge in [0.15, 0.2) is 0 Å². The predicted octanol–water partition coefficient (Wildman–Crippen LogP) is 2.47. The van der Waals surface area contributed by atoms with Crippen molar-refractivity contribution in [1.29, 1.82) is 0 Å². The number of pyridine rings is 1. The number of hydrogen-bond acceptors (Lipinski definition) is 5. The van der Waals surface area contributed by atoms with Gasteiger partial charge in [-0.05, 0) is 38.0 Å². The second-order valence-electron chi connectivity index (χ2n) is 7.49. The molecule has 0 saturated carbocycles. The molecule has 0 radical (unpaired) electrons. The number of hydrogen-bond donors (Lipinski definition) is 1. The Morgan fingerprint density at radius 3 is 2.71 bits per heavy atom. The van der Waals surface area contributed by atoms with Gasteiger partial charge < -0.3 is 9.88 Å². The summed E-state index contributed by atoms with van der Waals surface area (Å²) in [5.41, 5.74) is 3.00. The SMILES string of the molecule is Cc1cnc(Cn2ccc(C)c(C(=O)NCCCn3ncc4ccccc43)c2=O)cn1. The number of carbonyl (C=O) groups excluding carboxylic acids is 1. The summed E-state index contributed by atoms with van der Waals surface area (Å²) in [6.45, 7) is 5.01. The third-order valence-corrected chi connectivity index (χ3v) is 5.15. The topological polar surface area (TPSA) is 94.7 Å². The zero-order valence-electron chi connectivity index (χ0n) is 17.6. The molecular weight excluding hydrogens is 392 g/mol. The Balaban J connectivity index is 1.40. The monoisotopic (exact) mass is 416 g/mol. The lowest BCUT2D eigenvalue weighted by molar-refractivity contribution is 0.0950. The van der Waals surface area contributed by atoms with Crippen molar-refractivity contribution in [2.45, 2.75) is 33.4 Å². The van der Waals surface area contributed by atoms with Crippen LogP contribution < -0.4 is 10.9 Å². The molecule has 0 unspecified atom stereocenters. The maximum absolute atomic E-state index is 12.9. The standard InChI is InChI=1S/C23H24N6O2/c1-16-8-11-28(15-19-14-25-17(2)12-26-19)23(31)21(16)22(30)24-9-5-10-29-20-7-4-3-6-18(20)13-27-29/h3-4,6-8,11-14H,5,9-10,15H2,1-2H3,(H,24,30). The van der Waals surface area contributed by atoms with Gasteiger partial charge in [0.25, 0.3) is 11.5 Å². The molecule has 3 heterocycles. The van der Waals surface area contributed by atoms with Gasteiger partial charge in [0.2, 0.25) is 0 Å². The van der Waals surface area contributed by atoms with Crippen LogP contribution in [0.3, 0.4) is 0 Å². The first-order chi connectivity index (χ1) is 15.0. The second-order valence-corrected chi connectivity index (χ2v) is 7.49. The first kappa shape index (κ1) is 20.5. The van der Waals surface area contributed by atoms with E-state index in [2.05, 4.69) is 20.4 Å². The largest absolute Gasteiger partial charge is 0.352 e. The number of fused-ring (bicyclic) bond motifs is 1. The molecule has 4 rings (SSSR count). The first-order valence-electron chi connectivity index (χ1n) is 10.2. The fourth-order valence-electron chi connectivity index (χ4n) is 3.46. The van der Waals surface area contributed by atoms with Crippen molar-refractivity contribution in [1.82, 2.24) is 29.6 Å². The summed E-state index contributed by atoms with van der Waals surface area (Å²) in [6.07, 6.45) is 7.52. The molecule has 1 aromatic carbocycles. The van der Waals surface area contributed by atoms with Crippen molar-refractivity contribution >= 4 is 16.8 Å². The Morgan fingerprint density at radius 1 is 1.06 bits per heavy atom. The molecule has 4 aromatic rings. The fraction of sp³-hybridized carbons (Fsp3) is 0.261. The molecule has 1 N–H and O–H groups in total. The van der Waals surface area contributed by atoms with E-state index >= 15 is 0 Å². The number of rotatable bonds is 7. The van der Waals surface area contributed by atoms with Crippen molar-refractivity contribution in [3.8, 4) is 0 Å². The molecule has 0 aliphatic rings. The van der Waals surface area contributed by atoms with Crippen LogP contribution in [0.1, 0.15) is 33.7 Å². The van der Waals surface area contributed by atoms with E-state index in [0.29, 0.717) is 30.8 Å². The maximum Gasteiger partial charge on any atom is 0.264 e. The number of para-hydroxylation sites is 1. The molecule has 0 spiro atoms. The van der Waals surface area contributed by atoms with Crippen molar-refractivity contribution in [2.24, 2.45) is 0 Å². The molecule has 0 fully saturated rings. The zero-order valence-corrected chi connectivity index (χ0v) is 17.6. The number of benzene rings is 1. The molecule has 8 heteroatoms. The number of amides is 1. The molecule has 8 nitrogen and oxygen atoms in total. The van der Waals surface area contributed by atoms with Crippen molar-refractivity contribution in [3.63, 3.8) is 0 Å². The van der Waals surface area contributed by atoms with Crippen LogP contribution in [0.15, 0.2) is 59.9 Å². The molecule has 0 aliphatic heterocycles. The molecule has 0 atom stereocenters. The predicted molar refractivity (Wildman–Crippen MR) is 118 cm³/mol. The van der Waals surface area contributed by atoms with Crippen LogP contribution in [0.2, 0.25) is 0 Å². The second kappa shape index (κ2) is 8.91. The van der Waals surface area contributed by atoms with Gasteiger partial charge in [-0.1, -0.05) is 18.2 Å². The molecular formula is C23H24N6O2. The minimum absolute atomic E-state index is 0.159. The number of nitrogens with zero attached hydrogens (tertiary/aromatic N) is 5. The van der Waals surface area contributed by atoms with Crippen molar-refractivity contribution in [2.75, 3.05) is 6.54 Å². The maximum atomic E-state index is 12.9. The lowest BCUT2D eigenvalue weighted by Gasteiger charge is -2.11. The summed E-state index contributed by atoms with van der Waals surface area (Å²) in [6, 6.07) is 9.78. The average Bonchev–Trinajstić information content (AvgIpc) is 3.18. The number of nitrogens with one attached hydrogen (secondary N) is 1. The minimum atomic E-state index is -0.364. The summed E-state index contributed by atoms with van der Waals surface area (Å²) in [5.74, 6) is -0.364. The van der Waals surface area contributed by atoms with E-state index in [1.165, 1.54) is 4.57 Å². The summed E-state index contributed by atoms with van der Waals surface area (Å²) in [7, 11) is 0. The number of aromatic nitrogens is 5. The molecule has 158 valence electrons. The number of aryl methyl sites for hydroxylation is 3. The van der Waals surface area contributed by atoms with Gasteiger partial charge in [-0.3, -0.25) is 24.2 Å². The van der Waals surface area contributed by atoms with E-state index in [1.807, 2.05) is 42.1 Å². The highest BCUT2D eigenvalue weighted by molar-refractivity contribution is 5.95. The van der Waals surface area contributed by atoms with Gasteiger partial charge in [-0.2, -0.15) is 5.10 Å². The number of carbonyl (C=O) groups is 1. The van der Waals surface area contributed by atoms with Crippen LogP contribution in [-0.2, 0) is 13.1 Å². The van der Waals surface area contributed by atoms with Crippen LogP contribution in [0, 0.1) is 13.8 Å². The minimum Gasteiger partial charge on any atom is -0.352 e. The third kappa shape index (κ3) is 4.53. The van der Waals surface area contributed by atoms with Crippen LogP contribution in [0.5, 0.6) is 0 Å². The van der Waals surface area contributed by atoms with Crippen LogP contribution >= 0.6 is 0 Å². The van der Waals surface area contributed by atoms with E-state index in [0.717, 1.165) is 16.6 Å². The highest BCUT2D eigenvalue weighted by Crippen LogP contribution is 2.12. The molecule has 3 aromatic heterocycles. The fourth-order valence-corrected chi connectivity index (χ4v) is 3.46. The Morgan fingerprint density at radius 2 is 1.90 bits per heavy atom. The first-order valence-corrected chi connectivity index (χ1v) is 10.2. The Kier molecular flexibility index (Phi) is 5.88. The van der Waals surface area contributed by atoms with E-state index < -0.39 is 0 Å². The van der Waals surface area contributed by atoms with Crippen LogP contribution in [0.4, 0.5) is 0 Å². The Hall–Kier alpha value is -3.81. The molecule has 0 bridgehead atoms. The molecule has 0 aliphatic carbocycles. The van der Waals surface area contributed by atoms with Gasteiger partial charge in [0, 0.05) is 30.9 Å². The van der Waals surface area contributed by atoms with Gasteiger partial charge in [-0.25, -0.2) is 0 Å². The lowest BCUT2D eigenvalue weighted by Crippen LogP contribution is -2.35. The Labute approximate surface area is 179 Å². The smallest absolute Gasteiger partial charge is 0.264 e. The van der Waals surface area contributed by atoms with E-state index in [-0.39, 0.29) is 23.6 Å². The molecule has 0 saturated heterocycles. The van der Waals surface area contributed by atoms with Crippen molar-refractivity contribution < 1.29 is 4.79 Å². The van der Waals surface area contributed by atoms with Gasteiger partial charge >= 0.3 is 0 Å². The van der Waals surface area contributed by atoms with E-state index in [9.17, 15) is 9.59 Å². The average molecular weight is 416 g/mol. The quantitative estimate of drug-likeness (QED) is 0.467. The van der Waals surface area contributed by atoms with Gasteiger partial charge in [-0.15, -0.1) is 0 Å². The van der Waals surface area contributed by atoms with E-state index in [4.69, 9.17) is 0 Å². The van der Waals surface area contributed by atoms with Crippen LogP contribution in [-0.4, -0.2) is 36.8 Å². The third-order valence-electron chi connectivity index (χ3n) is 5.15. The zero-order chi connectivity index (χ0) is 21.8. The highest BCUT2D eigenvalue weighted by Gasteiger charge is 2.16. The van der Waals surface area contributed by atoms with Crippen LogP contribution in [0.25, 0.3) is 10.9 Å². The lowest BCUT2D eigenvalue weighted by atomic mass is 10.1. The summed E-state index contributed by atoms with van der Waals surface area (Å²) in [4.78, 5) is 34.1. The molecule has 31 heavy (non-hydrogen) atoms. The van der Waals surface area contributed by atoms with Crippen molar-refractivity contribution in [3.05, 3.63) is 88.0 Å². The molecule has 1 amide bonds. The highest BCUT2D eigenvalue weighted by atomic mass is 16.2. The Bertz CT molecular complexity index is 1270. The van der Waals surface area contributed by atoms with Gasteiger partial charge in [0.1, 0.15) is 5.56 Å². The summed E-state index contributed by atoms with van der Waals surface area (Å²) in [5, 5.41) is 8.35. The van der Waals surface area contributed by atoms with E-state index in [1.54, 1.807) is 31.6 Å². The van der Waals surface area contributed by atoms with Gasteiger partial charge in [0.05, 0.1) is 35.8 Å².